The Morgan fingerprint density at radius 1 is 0.964 bits per heavy atom. The summed E-state index contributed by atoms with van der Waals surface area (Å²) in [5, 5.41) is 12.3. The highest BCUT2D eigenvalue weighted by molar-refractivity contribution is 5.86. The zero-order valence-electron chi connectivity index (χ0n) is 15.0. The third-order valence-corrected chi connectivity index (χ3v) is 4.74. The zero-order valence-corrected chi connectivity index (χ0v) is 15.0. The molecule has 0 unspecified atom stereocenters. The molecule has 3 heterocycles. The van der Waals surface area contributed by atoms with E-state index in [1.165, 1.54) is 5.56 Å². The van der Waals surface area contributed by atoms with E-state index in [9.17, 15) is 4.79 Å². The maximum atomic E-state index is 12.4. The van der Waals surface area contributed by atoms with Gasteiger partial charge in [-0.1, -0.05) is 48.5 Å². The van der Waals surface area contributed by atoms with Gasteiger partial charge in [-0.2, -0.15) is 10.2 Å². The predicted molar refractivity (Wildman–Crippen MR) is 109 cm³/mol. The molecule has 0 bridgehead atoms. The summed E-state index contributed by atoms with van der Waals surface area (Å²) in [6.45, 7) is 0.680. The molecule has 136 valence electrons. The van der Waals surface area contributed by atoms with Gasteiger partial charge in [0.1, 0.15) is 0 Å². The molecule has 2 N–H and O–H groups in total. The van der Waals surface area contributed by atoms with Crippen molar-refractivity contribution in [1.29, 1.82) is 0 Å². The van der Waals surface area contributed by atoms with Gasteiger partial charge in [0.2, 0.25) is 0 Å². The molecule has 2 aromatic carbocycles. The minimum absolute atomic E-state index is 0.230. The van der Waals surface area contributed by atoms with Crippen LogP contribution in [0.2, 0.25) is 0 Å². The molecular formula is C22H17N5O. The van der Waals surface area contributed by atoms with Crippen LogP contribution in [0, 0.1) is 0 Å². The fourth-order valence-corrected chi connectivity index (χ4v) is 3.32. The van der Waals surface area contributed by atoms with E-state index in [0.29, 0.717) is 17.8 Å². The minimum atomic E-state index is -0.230. The van der Waals surface area contributed by atoms with Gasteiger partial charge < -0.3 is 4.98 Å². The van der Waals surface area contributed by atoms with Gasteiger partial charge in [0, 0.05) is 22.7 Å². The Bertz CT molecular complexity index is 1280. The van der Waals surface area contributed by atoms with Crippen molar-refractivity contribution in [3.63, 3.8) is 0 Å². The lowest BCUT2D eigenvalue weighted by Gasteiger charge is -2.02. The lowest BCUT2D eigenvalue weighted by Crippen LogP contribution is -2.11. The van der Waals surface area contributed by atoms with Gasteiger partial charge in [-0.3, -0.25) is 9.48 Å². The first kappa shape index (κ1) is 16.3. The van der Waals surface area contributed by atoms with E-state index in [1.807, 2.05) is 59.4 Å². The molecule has 0 saturated carbocycles. The Labute approximate surface area is 160 Å². The predicted octanol–water partition coefficient (Wildman–Crippen LogP) is 3.83. The standard InChI is InChI=1S/C22H17N5O/c28-22-18(21-10-16-8-4-5-9-19(16)24-21)11-20(25-26-22)17-12-23-27(14-17)13-15-6-2-1-3-7-15/h1-12,14,24H,13H2,(H,26,28). The Kier molecular flexibility index (Phi) is 3.87. The lowest BCUT2D eigenvalue weighted by atomic mass is 10.1. The number of fused-ring (bicyclic) bond motifs is 1. The van der Waals surface area contributed by atoms with Crippen molar-refractivity contribution in [3.05, 3.63) is 95.0 Å². The highest BCUT2D eigenvalue weighted by Gasteiger charge is 2.11. The van der Waals surface area contributed by atoms with E-state index in [1.54, 1.807) is 12.3 Å². The molecule has 0 aliphatic heterocycles. The van der Waals surface area contributed by atoms with Crippen molar-refractivity contribution < 1.29 is 0 Å². The molecule has 5 rings (SSSR count). The molecule has 0 amide bonds. The van der Waals surface area contributed by atoms with Gasteiger partial charge in [0.25, 0.3) is 5.56 Å². The number of benzene rings is 2. The van der Waals surface area contributed by atoms with E-state index >= 15 is 0 Å². The monoisotopic (exact) mass is 367 g/mol. The third-order valence-electron chi connectivity index (χ3n) is 4.74. The molecule has 0 aliphatic carbocycles. The van der Waals surface area contributed by atoms with E-state index in [2.05, 4.69) is 32.4 Å². The van der Waals surface area contributed by atoms with Crippen molar-refractivity contribution in [2.24, 2.45) is 0 Å². The van der Waals surface area contributed by atoms with Gasteiger partial charge in [0.05, 0.1) is 29.7 Å². The number of para-hydroxylation sites is 1. The van der Waals surface area contributed by atoms with Crippen LogP contribution in [-0.4, -0.2) is 25.0 Å². The summed E-state index contributed by atoms with van der Waals surface area (Å²) in [4.78, 5) is 15.7. The first-order valence-corrected chi connectivity index (χ1v) is 9.01. The first-order valence-electron chi connectivity index (χ1n) is 9.01. The normalized spacial score (nSPS) is 11.1. The van der Waals surface area contributed by atoms with Gasteiger partial charge in [-0.25, -0.2) is 5.10 Å². The Balaban J connectivity index is 1.50. The number of nitrogens with one attached hydrogen (secondary N) is 2. The van der Waals surface area contributed by atoms with E-state index in [0.717, 1.165) is 22.2 Å². The number of H-pyrrole nitrogens is 2. The Hall–Kier alpha value is -3.93. The van der Waals surface area contributed by atoms with Crippen molar-refractivity contribution in [1.82, 2.24) is 25.0 Å². The van der Waals surface area contributed by atoms with Gasteiger partial charge >= 0.3 is 0 Å². The topological polar surface area (TPSA) is 79.4 Å². The van der Waals surface area contributed by atoms with Crippen molar-refractivity contribution in [2.45, 2.75) is 6.54 Å². The van der Waals surface area contributed by atoms with Crippen LogP contribution in [-0.2, 0) is 6.54 Å². The highest BCUT2D eigenvalue weighted by Crippen LogP contribution is 2.24. The van der Waals surface area contributed by atoms with Crippen LogP contribution in [0.15, 0.2) is 83.9 Å². The van der Waals surface area contributed by atoms with Gasteiger partial charge in [-0.15, -0.1) is 0 Å². The molecule has 6 nitrogen and oxygen atoms in total. The summed E-state index contributed by atoms with van der Waals surface area (Å²) in [5.74, 6) is 0. The second-order valence-electron chi connectivity index (χ2n) is 6.68. The van der Waals surface area contributed by atoms with Crippen molar-refractivity contribution >= 4 is 10.9 Å². The molecule has 3 aromatic heterocycles. The first-order chi connectivity index (χ1) is 13.8. The molecule has 0 saturated heterocycles. The molecule has 28 heavy (non-hydrogen) atoms. The Morgan fingerprint density at radius 2 is 1.79 bits per heavy atom. The molecular weight excluding hydrogens is 350 g/mol. The SMILES string of the molecule is O=c1[nH]nc(-c2cnn(Cc3ccccc3)c2)cc1-c1cc2ccccc2[nH]1. The fraction of sp³-hybridized carbons (Fsp3) is 0.0455. The number of hydrogen-bond donors (Lipinski definition) is 2. The van der Waals surface area contributed by atoms with Crippen LogP contribution in [0.3, 0.4) is 0 Å². The van der Waals surface area contributed by atoms with Crippen LogP contribution >= 0.6 is 0 Å². The average molecular weight is 367 g/mol. The molecule has 0 fully saturated rings. The Morgan fingerprint density at radius 3 is 2.64 bits per heavy atom. The number of hydrogen-bond acceptors (Lipinski definition) is 3. The summed E-state index contributed by atoms with van der Waals surface area (Å²) in [7, 11) is 0. The van der Waals surface area contributed by atoms with Crippen LogP contribution < -0.4 is 5.56 Å². The second kappa shape index (κ2) is 6.66. The number of aromatic nitrogens is 5. The van der Waals surface area contributed by atoms with Gasteiger partial charge in [-0.05, 0) is 23.8 Å². The minimum Gasteiger partial charge on any atom is -0.354 e. The largest absolute Gasteiger partial charge is 0.354 e. The third kappa shape index (κ3) is 3.01. The van der Waals surface area contributed by atoms with Crippen LogP contribution in [0.4, 0.5) is 0 Å². The zero-order chi connectivity index (χ0) is 18.9. The van der Waals surface area contributed by atoms with Crippen LogP contribution in [0.25, 0.3) is 33.4 Å². The maximum absolute atomic E-state index is 12.4. The molecule has 5 aromatic rings. The summed E-state index contributed by atoms with van der Waals surface area (Å²) >= 11 is 0. The maximum Gasteiger partial charge on any atom is 0.273 e. The molecule has 0 atom stereocenters. The quantitative estimate of drug-likeness (QED) is 0.507. The van der Waals surface area contributed by atoms with E-state index in [-0.39, 0.29) is 5.56 Å². The number of rotatable bonds is 4. The number of aromatic amines is 2. The lowest BCUT2D eigenvalue weighted by molar-refractivity contribution is 0.687. The number of nitrogens with zero attached hydrogens (tertiary/aromatic N) is 3. The molecule has 0 aliphatic rings. The van der Waals surface area contributed by atoms with Crippen molar-refractivity contribution in [3.8, 4) is 22.5 Å². The summed E-state index contributed by atoms with van der Waals surface area (Å²) < 4.78 is 1.86. The summed E-state index contributed by atoms with van der Waals surface area (Å²) in [6.07, 6.45) is 3.70. The van der Waals surface area contributed by atoms with E-state index < -0.39 is 0 Å². The molecule has 0 radical (unpaired) electrons. The van der Waals surface area contributed by atoms with Crippen molar-refractivity contribution in [2.75, 3.05) is 0 Å². The second-order valence-corrected chi connectivity index (χ2v) is 6.68. The van der Waals surface area contributed by atoms with Gasteiger partial charge in [0.15, 0.2) is 0 Å². The fourth-order valence-electron chi connectivity index (χ4n) is 3.32. The highest BCUT2D eigenvalue weighted by atomic mass is 16.1. The van der Waals surface area contributed by atoms with Crippen LogP contribution in [0.5, 0.6) is 0 Å². The average Bonchev–Trinajstić information content (AvgIpc) is 3.36. The van der Waals surface area contributed by atoms with Crippen LogP contribution in [0.1, 0.15) is 5.56 Å². The summed E-state index contributed by atoms with van der Waals surface area (Å²) in [5.41, 5.74) is 4.78. The molecule has 6 heteroatoms. The smallest absolute Gasteiger partial charge is 0.273 e. The van der Waals surface area contributed by atoms with E-state index in [4.69, 9.17) is 0 Å². The molecule has 0 spiro atoms. The summed E-state index contributed by atoms with van der Waals surface area (Å²) in [6, 6.07) is 21.9.